The van der Waals surface area contributed by atoms with E-state index in [0.29, 0.717) is 17.4 Å². The molecule has 0 aliphatic carbocycles. The number of carbonyl (C=O) groups excluding carboxylic acids is 1. The Labute approximate surface area is 180 Å². The molecule has 1 aliphatic rings. The van der Waals surface area contributed by atoms with Crippen LogP contribution in [-0.2, 0) is 4.79 Å². The number of aromatic nitrogens is 5. The fourth-order valence-corrected chi connectivity index (χ4v) is 3.04. The number of hydrogen-bond acceptors (Lipinski definition) is 6. The van der Waals surface area contributed by atoms with E-state index in [4.69, 9.17) is 9.90 Å². The van der Waals surface area contributed by atoms with Crippen LogP contribution in [0.25, 0.3) is 5.69 Å². The van der Waals surface area contributed by atoms with Crippen LogP contribution in [0.2, 0.25) is 0 Å². The van der Waals surface area contributed by atoms with Gasteiger partial charge in [0.05, 0.1) is 11.7 Å². The zero-order valence-corrected chi connectivity index (χ0v) is 16.9. The topological polar surface area (TPSA) is 127 Å². The minimum atomic E-state index is -5.08. The number of halogens is 3. The number of carboxylic acids is 1. The number of aliphatic carboxylic acids is 1. The van der Waals surface area contributed by atoms with Crippen molar-refractivity contribution in [1.82, 2.24) is 29.9 Å². The molecule has 0 saturated carbocycles. The monoisotopic (exact) mass is 451 g/mol. The van der Waals surface area contributed by atoms with Gasteiger partial charge < -0.3 is 15.7 Å². The number of carbonyl (C=O) groups is 2. The van der Waals surface area contributed by atoms with Crippen LogP contribution < -0.4 is 10.6 Å². The Kier molecular flexibility index (Phi) is 6.88. The maximum atomic E-state index is 12.6. The first-order valence-corrected chi connectivity index (χ1v) is 9.48. The molecule has 13 heteroatoms. The fourth-order valence-electron chi connectivity index (χ4n) is 3.04. The van der Waals surface area contributed by atoms with Gasteiger partial charge in [-0.1, -0.05) is 0 Å². The molecule has 3 aromatic rings. The molecule has 170 valence electrons. The van der Waals surface area contributed by atoms with Gasteiger partial charge in [-0.15, -0.1) is 0 Å². The van der Waals surface area contributed by atoms with E-state index in [1.54, 1.807) is 17.1 Å². The summed E-state index contributed by atoms with van der Waals surface area (Å²) in [4.78, 5) is 25.4. The van der Waals surface area contributed by atoms with E-state index < -0.39 is 12.1 Å². The van der Waals surface area contributed by atoms with Crippen molar-refractivity contribution in [2.24, 2.45) is 0 Å². The second-order valence-corrected chi connectivity index (χ2v) is 6.92. The Morgan fingerprint density at radius 1 is 1.28 bits per heavy atom. The Bertz CT molecular complexity index is 1070. The van der Waals surface area contributed by atoms with Gasteiger partial charge in [0, 0.05) is 24.4 Å². The van der Waals surface area contributed by atoms with E-state index in [1.807, 2.05) is 36.0 Å². The predicted molar refractivity (Wildman–Crippen MR) is 106 cm³/mol. The molecule has 10 nitrogen and oxygen atoms in total. The number of carboxylic acid groups (broad SMARTS) is 1. The van der Waals surface area contributed by atoms with Gasteiger partial charge in [-0.25, -0.2) is 14.5 Å². The molecule has 4 rings (SSSR count). The van der Waals surface area contributed by atoms with Crippen LogP contribution in [0.1, 0.15) is 28.4 Å². The van der Waals surface area contributed by atoms with Gasteiger partial charge in [0.2, 0.25) is 0 Å². The van der Waals surface area contributed by atoms with Gasteiger partial charge in [-0.2, -0.15) is 23.4 Å². The zero-order chi connectivity index (χ0) is 23.3. The molecule has 1 atom stereocenters. The highest BCUT2D eigenvalue weighted by atomic mass is 19.4. The number of amides is 1. The summed E-state index contributed by atoms with van der Waals surface area (Å²) in [7, 11) is 0. The highest BCUT2D eigenvalue weighted by molar-refractivity contribution is 6.04. The molecule has 32 heavy (non-hydrogen) atoms. The van der Waals surface area contributed by atoms with Crippen molar-refractivity contribution in [3.63, 3.8) is 0 Å². The SMILES string of the molecule is Cc1cc(-n2cncn2)ccc1C(=O)Nc1ccn(C2CCNC2)n1.O=C(O)C(F)(F)F. The summed E-state index contributed by atoms with van der Waals surface area (Å²) in [5.41, 5.74) is 2.34. The largest absolute Gasteiger partial charge is 0.490 e. The molecule has 3 N–H and O–H groups in total. The lowest BCUT2D eigenvalue weighted by atomic mass is 10.1. The molecule has 0 radical (unpaired) electrons. The zero-order valence-electron chi connectivity index (χ0n) is 16.9. The second kappa shape index (κ2) is 9.60. The molecule has 1 unspecified atom stereocenters. The number of aryl methyl sites for hydroxylation is 1. The molecule has 0 spiro atoms. The van der Waals surface area contributed by atoms with E-state index >= 15 is 0 Å². The van der Waals surface area contributed by atoms with E-state index in [1.165, 1.54) is 6.33 Å². The Balaban J connectivity index is 0.000000360. The van der Waals surface area contributed by atoms with Gasteiger partial charge in [-0.3, -0.25) is 9.48 Å². The van der Waals surface area contributed by atoms with Crippen LogP contribution in [0.4, 0.5) is 19.0 Å². The third kappa shape index (κ3) is 5.69. The number of nitrogens with one attached hydrogen (secondary N) is 2. The Morgan fingerprint density at radius 3 is 2.59 bits per heavy atom. The van der Waals surface area contributed by atoms with Crippen molar-refractivity contribution < 1.29 is 27.9 Å². The Hall–Kier alpha value is -3.74. The minimum absolute atomic E-state index is 0.169. The number of benzene rings is 1. The summed E-state index contributed by atoms with van der Waals surface area (Å²) in [6, 6.07) is 7.73. The van der Waals surface area contributed by atoms with Crippen molar-refractivity contribution in [3.05, 3.63) is 54.2 Å². The van der Waals surface area contributed by atoms with Gasteiger partial charge in [0.15, 0.2) is 5.82 Å². The highest BCUT2D eigenvalue weighted by Crippen LogP contribution is 2.18. The van der Waals surface area contributed by atoms with Crippen LogP contribution in [0, 0.1) is 6.92 Å². The maximum Gasteiger partial charge on any atom is 0.490 e. The number of hydrogen-bond donors (Lipinski definition) is 3. The van der Waals surface area contributed by atoms with Gasteiger partial charge in [0.25, 0.3) is 5.91 Å². The molecule has 1 amide bonds. The first kappa shape index (κ1) is 22.9. The number of nitrogens with zero attached hydrogens (tertiary/aromatic N) is 5. The van der Waals surface area contributed by atoms with Crippen LogP contribution in [0.15, 0.2) is 43.1 Å². The maximum absolute atomic E-state index is 12.6. The van der Waals surface area contributed by atoms with Crippen LogP contribution in [0.5, 0.6) is 0 Å². The second-order valence-electron chi connectivity index (χ2n) is 6.92. The number of rotatable bonds is 4. The standard InChI is InChI=1S/C17H19N7O.C2HF3O2/c1-12-8-13(24-11-19-10-20-24)2-3-15(12)17(25)21-16-5-7-23(22-16)14-4-6-18-9-14;3-2(4,5)1(6)7/h2-3,5,7-8,10-11,14,18H,4,6,9H2,1H3,(H,21,22,25);(H,6,7). The summed E-state index contributed by atoms with van der Waals surface area (Å²) in [6.45, 7) is 3.82. The third-order valence-electron chi connectivity index (χ3n) is 4.64. The summed E-state index contributed by atoms with van der Waals surface area (Å²) >= 11 is 0. The van der Waals surface area contributed by atoms with Gasteiger partial charge in [0.1, 0.15) is 12.7 Å². The predicted octanol–water partition coefficient (Wildman–Crippen LogP) is 2.19. The molecular weight excluding hydrogens is 431 g/mol. The molecular formula is C19H20F3N7O3. The van der Waals surface area contributed by atoms with E-state index in [-0.39, 0.29) is 5.91 Å². The van der Waals surface area contributed by atoms with E-state index in [2.05, 4.69) is 25.8 Å². The number of alkyl halides is 3. The van der Waals surface area contributed by atoms with Crippen LogP contribution in [-0.4, -0.2) is 60.8 Å². The third-order valence-corrected chi connectivity index (χ3v) is 4.64. The average molecular weight is 451 g/mol. The fraction of sp³-hybridized carbons (Fsp3) is 0.316. The van der Waals surface area contributed by atoms with Crippen molar-refractivity contribution in [3.8, 4) is 5.69 Å². The van der Waals surface area contributed by atoms with E-state index in [9.17, 15) is 18.0 Å². The molecule has 3 heterocycles. The highest BCUT2D eigenvalue weighted by Gasteiger charge is 2.38. The summed E-state index contributed by atoms with van der Waals surface area (Å²) in [6.07, 6.45) is 0.983. The molecule has 1 aromatic carbocycles. The van der Waals surface area contributed by atoms with Crippen molar-refractivity contribution >= 4 is 17.7 Å². The summed E-state index contributed by atoms with van der Waals surface area (Å²) in [5.74, 6) is -2.36. The van der Waals surface area contributed by atoms with Crippen molar-refractivity contribution in [2.45, 2.75) is 25.6 Å². The van der Waals surface area contributed by atoms with E-state index in [0.717, 1.165) is 30.8 Å². The van der Waals surface area contributed by atoms with Gasteiger partial charge >= 0.3 is 12.1 Å². The average Bonchev–Trinajstić information content (AvgIpc) is 3.49. The summed E-state index contributed by atoms with van der Waals surface area (Å²) in [5, 5.41) is 21.9. The lowest BCUT2D eigenvalue weighted by Crippen LogP contribution is -2.21. The van der Waals surface area contributed by atoms with Crippen LogP contribution in [0.3, 0.4) is 0 Å². The normalized spacial score (nSPS) is 15.7. The van der Waals surface area contributed by atoms with Crippen molar-refractivity contribution in [1.29, 1.82) is 0 Å². The lowest BCUT2D eigenvalue weighted by molar-refractivity contribution is -0.192. The van der Waals surface area contributed by atoms with Crippen LogP contribution >= 0.6 is 0 Å². The minimum Gasteiger partial charge on any atom is -0.475 e. The molecule has 1 fully saturated rings. The smallest absolute Gasteiger partial charge is 0.475 e. The Morgan fingerprint density at radius 2 is 2.03 bits per heavy atom. The molecule has 2 aromatic heterocycles. The van der Waals surface area contributed by atoms with Gasteiger partial charge in [-0.05, 0) is 43.7 Å². The quantitative estimate of drug-likeness (QED) is 0.555. The summed E-state index contributed by atoms with van der Waals surface area (Å²) < 4.78 is 35.3. The number of anilines is 1. The molecule has 0 bridgehead atoms. The lowest BCUT2D eigenvalue weighted by Gasteiger charge is -2.09. The first-order chi connectivity index (χ1) is 15.1. The van der Waals surface area contributed by atoms with Crippen molar-refractivity contribution in [2.75, 3.05) is 18.4 Å². The first-order valence-electron chi connectivity index (χ1n) is 9.48. The molecule has 1 aliphatic heterocycles. The molecule has 1 saturated heterocycles.